The van der Waals surface area contributed by atoms with Crippen LogP contribution in [-0.2, 0) is 4.79 Å². The molecule has 0 bridgehead atoms. The number of likely N-dealkylation sites (tertiary alicyclic amines) is 1. The molecule has 1 aromatic heterocycles. The first-order valence-corrected chi connectivity index (χ1v) is 8.62. The first-order chi connectivity index (χ1) is 13.2. The maximum Gasteiger partial charge on any atom is 0.260 e. The maximum atomic E-state index is 12.5. The normalized spacial score (nSPS) is 16.3. The highest BCUT2D eigenvalue weighted by atomic mass is 16.5. The van der Waals surface area contributed by atoms with Crippen molar-refractivity contribution < 1.29 is 19.0 Å². The van der Waals surface area contributed by atoms with Gasteiger partial charge in [0.05, 0.1) is 13.7 Å². The van der Waals surface area contributed by atoms with Crippen molar-refractivity contribution >= 4 is 5.91 Å². The fraction of sp³-hybridized carbons (Fsp3) is 0.368. The summed E-state index contributed by atoms with van der Waals surface area (Å²) < 4.78 is 16.6. The second kappa shape index (κ2) is 8.85. The Morgan fingerprint density at radius 1 is 1.30 bits per heavy atom. The van der Waals surface area contributed by atoms with Gasteiger partial charge in [-0.1, -0.05) is 12.1 Å². The largest absolute Gasteiger partial charge is 0.493 e. The number of para-hydroxylation sites is 2. The Balaban J connectivity index is 1.57. The molecule has 27 heavy (non-hydrogen) atoms. The lowest BCUT2D eigenvalue weighted by Gasteiger charge is -2.32. The molecule has 1 aliphatic heterocycles. The number of methoxy groups -OCH3 is 1. The Hall–Kier alpha value is -3.34. The Kier molecular flexibility index (Phi) is 6.05. The van der Waals surface area contributed by atoms with Gasteiger partial charge in [0.25, 0.3) is 11.8 Å². The summed E-state index contributed by atoms with van der Waals surface area (Å²) in [4.78, 5) is 22.2. The summed E-state index contributed by atoms with van der Waals surface area (Å²) in [6.07, 6.45) is 4.25. The highest BCUT2D eigenvalue weighted by Gasteiger charge is 2.26. The van der Waals surface area contributed by atoms with Crippen LogP contribution in [0.5, 0.6) is 17.4 Å². The van der Waals surface area contributed by atoms with E-state index < -0.39 is 0 Å². The van der Waals surface area contributed by atoms with E-state index in [2.05, 4.69) is 9.97 Å². The van der Waals surface area contributed by atoms with Gasteiger partial charge in [-0.05, 0) is 25.0 Å². The molecule has 0 aliphatic carbocycles. The number of carbonyl (C=O) groups excluding carboxylic acids is 1. The molecule has 1 atom stereocenters. The molecule has 0 radical (unpaired) electrons. The van der Waals surface area contributed by atoms with Crippen LogP contribution in [0, 0.1) is 11.3 Å². The average Bonchev–Trinajstić information content (AvgIpc) is 2.72. The minimum absolute atomic E-state index is 0.0817. The number of aromatic nitrogens is 2. The van der Waals surface area contributed by atoms with Gasteiger partial charge in [0, 0.05) is 18.9 Å². The molecular formula is C19H20N4O4. The zero-order valence-corrected chi connectivity index (χ0v) is 15.0. The van der Waals surface area contributed by atoms with Gasteiger partial charge in [0.15, 0.2) is 18.1 Å². The number of nitrogens with zero attached hydrogens (tertiary/aromatic N) is 4. The monoisotopic (exact) mass is 368 g/mol. The van der Waals surface area contributed by atoms with E-state index in [4.69, 9.17) is 19.5 Å². The van der Waals surface area contributed by atoms with E-state index in [9.17, 15) is 4.79 Å². The molecule has 2 heterocycles. The van der Waals surface area contributed by atoms with Crippen LogP contribution >= 0.6 is 0 Å². The first-order valence-electron chi connectivity index (χ1n) is 8.62. The number of carbonyl (C=O) groups is 1. The summed E-state index contributed by atoms with van der Waals surface area (Å²) in [7, 11) is 1.55. The van der Waals surface area contributed by atoms with Crippen LogP contribution in [-0.4, -0.2) is 53.7 Å². The molecule has 140 valence electrons. The minimum Gasteiger partial charge on any atom is -0.493 e. The molecule has 1 fully saturated rings. The van der Waals surface area contributed by atoms with Crippen molar-refractivity contribution in [3.8, 4) is 23.4 Å². The lowest BCUT2D eigenvalue weighted by molar-refractivity contribution is -0.136. The molecule has 1 saturated heterocycles. The molecule has 3 rings (SSSR count). The van der Waals surface area contributed by atoms with Gasteiger partial charge >= 0.3 is 0 Å². The third kappa shape index (κ3) is 4.64. The maximum absolute atomic E-state index is 12.5. The lowest BCUT2D eigenvalue weighted by Crippen LogP contribution is -2.46. The van der Waals surface area contributed by atoms with Crippen molar-refractivity contribution in [3.05, 3.63) is 42.4 Å². The van der Waals surface area contributed by atoms with Crippen molar-refractivity contribution in [2.45, 2.75) is 18.9 Å². The van der Waals surface area contributed by atoms with Gasteiger partial charge in [0.2, 0.25) is 5.69 Å². The topological polar surface area (TPSA) is 97.6 Å². The number of hydrogen-bond donors (Lipinski definition) is 0. The third-order valence-electron chi connectivity index (χ3n) is 4.20. The van der Waals surface area contributed by atoms with Gasteiger partial charge < -0.3 is 19.1 Å². The van der Waals surface area contributed by atoms with E-state index in [0.29, 0.717) is 24.6 Å². The molecule has 8 nitrogen and oxygen atoms in total. The van der Waals surface area contributed by atoms with Crippen LogP contribution in [0.4, 0.5) is 0 Å². The van der Waals surface area contributed by atoms with Crippen LogP contribution in [0.25, 0.3) is 0 Å². The van der Waals surface area contributed by atoms with E-state index >= 15 is 0 Å². The number of nitriles is 1. The highest BCUT2D eigenvalue weighted by Crippen LogP contribution is 2.26. The van der Waals surface area contributed by atoms with E-state index in [1.807, 2.05) is 18.2 Å². The van der Waals surface area contributed by atoms with Crippen molar-refractivity contribution in [3.63, 3.8) is 0 Å². The summed E-state index contributed by atoms with van der Waals surface area (Å²) in [6, 6.07) is 9.14. The van der Waals surface area contributed by atoms with Crippen LogP contribution in [0.15, 0.2) is 36.7 Å². The molecule has 0 spiro atoms. The molecule has 0 N–H and O–H groups in total. The smallest absolute Gasteiger partial charge is 0.260 e. The predicted octanol–water partition coefficient (Wildman–Crippen LogP) is 1.81. The average molecular weight is 368 g/mol. The molecule has 1 amide bonds. The molecule has 2 aromatic rings. The summed E-state index contributed by atoms with van der Waals surface area (Å²) in [5.41, 5.74) is 0.139. The quantitative estimate of drug-likeness (QED) is 0.767. The van der Waals surface area contributed by atoms with Gasteiger partial charge in [-0.25, -0.2) is 9.97 Å². The third-order valence-corrected chi connectivity index (χ3v) is 4.20. The SMILES string of the molecule is COc1ccccc1OCC(=O)N1CCC[C@H](Oc2nccnc2C#N)C1. The van der Waals surface area contributed by atoms with Gasteiger partial charge in [-0.2, -0.15) is 5.26 Å². The Labute approximate surface area is 157 Å². The molecule has 0 unspecified atom stereocenters. The number of hydrogen-bond acceptors (Lipinski definition) is 7. The highest BCUT2D eigenvalue weighted by molar-refractivity contribution is 5.78. The second-order valence-electron chi connectivity index (χ2n) is 5.98. The fourth-order valence-electron chi connectivity index (χ4n) is 2.88. The van der Waals surface area contributed by atoms with Crippen LogP contribution in [0.2, 0.25) is 0 Å². The summed E-state index contributed by atoms with van der Waals surface area (Å²) in [6.45, 7) is 0.969. The fourth-order valence-corrected chi connectivity index (χ4v) is 2.88. The number of amides is 1. The second-order valence-corrected chi connectivity index (χ2v) is 5.98. The van der Waals surface area contributed by atoms with Crippen molar-refractivity contribution in [1.29, 1.82) is 5.26 Å². The number of piperidine rings is 1. The van der Waals surface area contributed by atoms with Gasteiger partial charge in [0.1, 0.15) is 12.2 Å². The lowest BCUT2D eigenvalue weighted by atomic mass is 10.1. The van der Waals surface area contributed by atoms with Crippen LogP contribution in [0.1, 0.15) is 18.5 Å². The van der Waals surface area contributed by atoms with Crippen molar-refractivity contribution in [2.75, 3.05) is 26.8 Å². The number of benzene rings is 1. The molecule has 1 aliphatic rings. The standard InChI is InChI=1S/C19H20N4O4/c1-25-16-6-2-3-7-17(16)26-13-18(24)23-10-4-5-14(12-23)27-19-15(11-20)21-8-9-22-19/h2-3,6-9,14H,4-5,10,12-13H2,1H3/t14-/m0/s1. The van der Waals surface area contributed by atoms with E-state index in [1.54, 1.807) is 24.1 Å². The number of ether oxygens (including phenoxy) is 3. The van der Waals surface area contributed by atoms with E-state index in [-0.39, 0.29) is 30.2 Å². The zero-order valence-electron chi connectivity index (χ0n) is 15.0. The summed E-state index contributed by atoms with van der Waals surface area (Å²) >= 11 is 0. The number of rotatable bonds is 6. The summed E-state index contributed by atoms with van der Waals surface area (Å²) in [5, 5.41) is 9.09. The Morgan fingerprint density at radius 2 is 2.07 bits per heavy atom. The Bertz CT molecular complexity index is 836. The molecule has 8 heteroatoms. The van der Waals surface area contributed by atoms with Crippen molar-refractivity contribution in [2.24, 2.45) is 0 Å². The Morgan fingerprint density at radius 3 is 2.85 bits per heavy atom. The zero-order chi connectivity index (χ0) is 19.1. The van der Waals surface area contributed by atoms with Gasteiger partial charge in [-0.3, -0.25) is 4.79 Å². The predicted molar refractivity (Wildman–Crippen MR) is 95.5 cm³/mol. The molecular weight excluding hydrogens is 348 g/mol. The van der Waals surface area contributed by atoms with Crippen LogP contribution in [0.3, 0.4) is 0 Å². The molecule has 1 aromatic carbocycles. The van der Waals surface area contributed by atoms with Crippen LogP contribution < -0.4 is 14.2 Å². The molecule has 0 saturated carbocycles. The van der Waals surface area contributed by atoms with E-state index in [0.717, 1.165) is 12.8 Å². The summed E-state index contributed by atoms with van der Waals surface area (Å²) in [5.74, 6) is 1.17. The minimum atomic E-state index is -0.238. The van der Waals surface area contributed by atoms with Crippen molar-refractivity contribution in [1.82, 2.24) is 14.9 Å². The van der Waals surface area contributed by atoms with Gasteiger partial charge in [-0.15, -0.1) is 0 Å². The first kappa shape index (κ1) is 18.5. The van der Waals surface area contributed by atoms with E-state index in [1.165, 1.54) is 12.4 Å².